The molecular formula is C24H28Cl2N2O. The highest BCUT2D eigenvalue weighted by atomic mass is 35.5. The van der Waals surface area contributed by atoms with Gasteiger partial charge >= 0.3 is 0 Å². The lowest BCUT2D eigenvalue weighted by atomic mass is 9.88. The molecule has 4 rings (SSSR count). The van der Waals surface area contributed by atoms with Gasteiger partial charge < -0.3 is 9.80 Å². The molecule has 3 nitrogen and oxygen atoms in total. The topological polar surface area (TPSA) is 23.6 Å². The summed E-state index contributed by atoms with van der Waals surface area (Å²) in [6.45, 7) is 4.04. The molecule has 1 amide bonds. The SMILES string of the molecule is O=C(c1ccccc1)N1CCC(N2CCC(Cc3ccc(Cl)c(Cl)c3)CC2)CC1. The second kappa shape index (κ2) is 9.51. The van der Waals surface area contributed by atoms with Crippen LogP contribution in [0.1, 0.15) is 41.6 Å². The van der Waals surface area contributed by atoms with E-state index in [0.29, 0.717) is 22.0 Å². The lowest BCUT2D eigenvalue weighted by molar-refractivity contribution is 0.0552. The maximum atomic E-state index is 12.6. The van der Waals surface area contributed by atoms with Crippen molar-refractivity contribution in [3.63, 3.8) is 0 Å². The average Bonchev–Trinajstić information content (AvgIpc) is 2.77. The molecule has 0 unspecified atom stereocenters. The number of hydrogen-bond acceptors (Lipinski definition) is 2. The Labute approximate surface area is 183 Å². The van der Waals surface area contributed by atoms with Crippen LogP contribution in [0.5, 0.6) is 0 Å². The summed E-state index contributed by atoms with van der Waals surface area (Å²) >= 11 is 12.2. The molecule has 2 heterocycles. The number of rotatable bonds is 4. The quantitative estimate of drug-likeness (QED) is 0.634. The summed E-state index contributed by atoms with van der Waals surface area (Å²) in [5, 5.41) is 1.28. The number of carbonyl (C=O) groups is 1. The second-order valence-electron chi connectivity index (χ2n) is 8.32. The van der Waals surface area contributed by atoms with E-state index >= 15 is 0 Å². The third-order valence-corrected chi connectivity index (χ3v) is 7.19. The molecule has 0 spiro atoms. The zero-order valence-corrected chi connectivity index (χ0v) is 18.2. The molecular weight excluding hydrogens is 403 g/mol. The average molecular weight is 431 g/mol. The van der Waals surface area contributed by atoms with Crippen molar-refractivity contribution in [1.82, 2.24) is 9.80 Å². The lowest BCUT2D eigenvalue weighted by Gasteiger charge is -2.42. The van der Waals surface area contributed by atoms with Crippen molar-refractivity contribution in [3.05, 3.63) is 69.7 Å². The molecule has 0 radical (unpaired) electrons. The van der Waals surface area contributed by atoms with E-state index in [1.54, 1.807) is 0 Å². The van der Waals surface area contributed by atoms with Crippen molar-refractivity contribution in [1.29, 1.82) is 0 Å². The van der Waals surface area contributed by atoms with Crippen LogP contribution in [0.25, 0.3) is 0 Å². The van der Waals surface area contributed by atoms with E-state index in [-0.39, 0.29) is 5.91 Å². The maximum absolute atomic E-state index is 12.6. The van der Waals surface area contributed by atoms with Gasteiger partial charge in [-0.05, 0) is 80.9 Å². The van der Waals surface area contributed by atoms with E-state index in [4.69, 9.17) is 23.2 Å². The number of hydrogen-bond donors (Lipinski definition) is 0. The van der Waals surface area contributed by atoms with Crippen LogP contribution in [0.2, 0.25) is 10.0 Å². The molecule has 0 bridgehead atoms. The molecule has 2 aromatic carbocycles. The van der Waals surface area contributed by atoms with Crippen molar-refractivity contribution < 1.29 is 4.79 Å². The van der Waals surface area contributed by atoms with Gasteiger partial charge in [0.2, 0.25) is 0 Å². The highest BCUT2D eigenvalue weighted by Crippen LogP contribution is 2.29. The summed E-state index contributed by atoms with van der Waals surface area (Å²) < 4.78 is 0. The monoisotopic (exact) mass is 430 g/mol. The minimum Gasteiger partial charge on any atom is -0.339 e. The van der Waals surface area contributed by atoms with Crippen molar-refractivity contribution in [2.24, 2.45) is 5.92 Å². The predicted molar refractivity (Wildman–Crippen MR) is 120 cm³/mol. The standard InChI is InChI=1S/C24H28Cl2N2O/c25-22-7-6-19(17-23(22)26)16-18-8-12-27(13-9-18)21-10-14-28(15-11-21)24(29)20-4-2-1-3-5-20/h1-7,17-18,21H,8-16H2. The molecule has 0 atom stereocenters. The van der Waals surface area contributed by atoms with Gasteiger partial charge in [0.15, 0.2) is 0 Å². The number of carbonyl (C=O) groups excluding carboxylic acids is 1. The Hall–Kier alpha value is -1.55. The molecule has 2 aliphatic rings. The number of amides is 1. The van der Waals surface area contributed by atoms with Gasteiger partial charge in [-0.2, -0.15) is 0 Å². The number of benzene rings is 2. The molecule has 0 aromatic heterocycles. The van der Waals surface area contributed by atoms with Crippen LogP contribution in [0.4, 0.5) is 0 Å². The van der Waals surface area contributed by atoms with E-state index < -0.39 is 0 Å². The van der Waals surface area contributed by atoms with Crippen molar-refractivity contribution in [2.75, 3.05) is 26.2 Å². The minimum atomic E-state index is 0.171. The van der Waals surface area contributed by atoms with Crippen LogP contribution in [-0.2, 0) is 6.42 Å². The molecule has 0 aliphatic carbocycles. The van der Waals surface area contributed by atoms with Crippen LogP contribution in [0.15, 0.2) is 48.5 Å². The summed E-state index contributed by atoms with van der Waals surface area (Å²) in [7, 11) is 0. The highest BCUT2D eigenvalue weighted by Gasteiger charge is 2.30. The van der Waals surface area contributed by atoms with Gasteiger partial charge in [-0.15, -0.1) is 0 Å². The Morgan fingerprint density at radius 1 is 0.862 bits per heavy atom. The Morgan fingerprint density at radius 3 is 2.21 bits per heavy atom. The van der Waals surface area contributed by atoms with Crippen LogP contribution in [0, 0.1) is 5.92 Å². The zero-order valence-electron chi connectivity index (χ0n) is 16.7. The van der Waals surface area contributed by atoms with Gasteiger partial charge in [-0.3, -0.25) is 4.79 Å². The van der Waals surface area contributed by atoms with E-state index in [1.165, 1.54) is 18.4 Å². The normalized spacial score (nSPS) is 19.4. The first-order valence-electron chi connectivity index (χ1n) is 10.6. The van der Waals surface area contributed by atoms with Crippen molar-refractivity contribution in [3.8, 4) is 0 Å². The molecule has 154 valence electrons. The van der Waals surface area contributed by atoms with E-state index in [0.717, 1.165) is 51.0 Å². The first-order chi connectivity index (χ1) is 14.1. The van der Waals surface area contributed by atoms with Crippen LogP contribution < -0.4 is 0 Å². The fourth-order valence-corrected chi connectivity index (χ4v) is 5.04. The van der Waals surface area contributed by atoms with Gasteiger partial charge in [0.1, 0.15) is 0 Å². The van der Waals surface area contributed by atoms with Gasteiger partial charge in [-0.25, -0.2) is 0 Å². The molecule has 2 fully saturated rings. The lowest BCUT2D eigenvalue weighted by Crippen LogP contribution is -2.49. The molecule has 0 N–H and O–H groups in total. The number of halogens is 2. The number of piperidine rings is 2. The van der Waals surface area contributed by atoms with Gasteiger partial charge in [0.05, 0.1) is 10.0 Å². The molecule has 2 saturated heterocycles. The maximum Gasteiger partial charge on any atom is 0.253 e. The third-order valence-electron chi connectivity index (χ3n) is 6.45. The fraction of sp³-hybridized carbons (Fsp3) is 0.458. The van der Waals surface area contributed by atoms with Crippen molar-refractivity contribution in [2.45, 2.75) is 38.1 Å². The summed E-state index contributed by atoms with van der Waals surface area (Å²) in [6, 6.07) is 16.3. The largest absolute Gasteiger partial charge is 0.339 e. The fourth-order valence-electron chi connectivity index (χ4n) is 4.72. The number of nitrogens with zero attached hydrogens (tertiary/aromatic N) is 2. The first-order valence-corrected chi connectivity index (χ1v) is 11.4. The number of likely N-dealkylation sites (tertiary alicyclic amines) is 2. The summed E-state index contributed by atoms with van der Waals surface area (Å²) in [6.07, 6.45) is 5.69. The Balaban J connectivity index is 1.24. The summed E-state index contributed by atoms with van der Waals surface area (Å²) in [5.74, 6) is 0.882. The minimum absolute atomic E-state index is 0.171. The van der Waals surface area contributed by atoms with Gasteiger partial charge in [0, 0.05) is 24.7 Å². The van der Waals surface area contributed by atoms with Crippen LogP contribution >= 0.6 is 23.2 Å². The second-order valence-corrected chi connectivity index (χ2v) is 9.14. The van der Waals surface area contributed by atoms with Crippen LogP contribution in [0.3, 0.4) is 0 Å². The first kappa shape index (κ1) is 20.7. The van der Waals surface area contributed by atoms with E-state index in [1.807, 2.05) is 47.4 Å². The Morgan fingerprint density at radius 2 is 1.55 bits per heavy atom. The summed E-state index contributed by atoms with van der Waals surface area (Å²) in [4.78, 5) is 17.3. The van der Waals surface area contributed by atoms with Crippen molar-refractivity contribution >= 4 is 29.1 Å². The molecule has 29 heavy (non-hydrogen) atoms. The van der Waals surface area contributed by atoms with Crippen LogP contribution in [-0.4, -0.2) is 47.9 Å². The Kier molecular flexibility index (Phi) is 6.79. The zero-order chi connectivity index (χ0) is 20.2. The molecule has 2 aliphatic heterocycles. The molecule has 0 saturated carbocycles. The molecule has 5 heteroatoms. The Bertz CT molecular complexity index is 826. The third kappa shape index (κ3) is 5.14. The van der Waals surface area contributed by atoms with Gasteiger partial charge in [0.25, 0.3) is 5.91 Å². The van der Waals surface area contributed by atoms with E-state index in [9.17, 15) is 4.79 Å². The van der Waals surface area contributed by atoms with Gasteiger partial charge in [-0.1, -0.05) is 47.5 Å². The molecule has 2 aromatic rings. The smallest absolute Gasteiger partial charge is 0.253 e. The van der Waals surface area contributed by atoms with E-state index in [2.05, 4.69) is 11.0 Å². The highest BCUT2D eigenvalue weighted by molar-refractivity contribution is 6.42. The predicted octanol–water partition coefficient (Wildman–Crippen LogP) is 5.55. The summed E-state index contributed by atoms with van der Waals surface area (Å²) in [5.41, 5.74) is 2.08.